The maximum Gasteiger partial charge on any atom is 0.342 e. The van der Waals surface area contributed by atoms with Gasteiger partial charge in [-0.3, -0.25) is 0 Å². The second kappa shape index (κ2) is 5.08. The summed E-state index contributed by atoms with van der Waals surface area (Å²) in [4.78, 5) is 11.9. The number of hydrogen-bond acceptors (Lipinski definition) is 4. The molecule has 1 aromatic rings. The predicted octanol–water partition coefficient (Wildman–Crippen LogP) is 2.23. The van der Waals surface area contributed by atoms with Gasteiger partial charge in [0.05, 0.1) is 18.9 Å². The first kappa shape index (κ1) is 11.8. The number of nitrogens with two attached hydrogens (primary N) is 1. The topological polar surface area (TPSA) is 61.5 Å². The first-order chi connectivity index (χ1) is 8.22. The lowest BCUT2D eigenvalue weighted by Crippen LogP contribution is -2.11. The molecule has 0 amide bonds. The van der Waals surface area contributed by atoms with Crippen LogP contribution in [0.2, 0.25) is 0 Å². The van der Waals surface area contributed by atoms with E-state index in [1.165, 1.54) is 0 Å². The molecule has 1 aromatic carbocycles. The van der Waals surface area contributed by atoms with Gasteiger partial charge in [-0.2, -0.15) is 0 Å². The third-order valence-electron chi connectivity index (χ3n) is 2.70. The summed E-state index contributed by atoms with van der Waals surface area (Å²) in [6, 6.07) is 5.12. The van der Waals surface area contributed by atoms with E-state index < -0.39 is 0 Å². The van der Waals surface area contributed by atoms with E-state index in [0.717, 1.165) is 12.8 Å². The quantitative estimate of drug-likeness (QED) is 0.628. The molecule has 0 spiro atoms. The Hall–Kier alpha value is -1.71. The van der Waals surface area contributed by atoms with E-state index in [2.05, 4.69) is 0 Å². The summed E-state index contributed by atoms with van der Waals surface area (Å²) in [7, 11) is 0. The van der Waals surface area contributed by atoms with Gasteiger partial charge in [-0.25, -0.2) is 4.79 Å². The lowest BCUT2D eigenvalue weighted by molar-refractivity contribution is 0.0482. The molecular formula is C13H17NO3. The van der Waals surface area contributed by atoms with E-state index in [1.54, 1.807) is 18.2 Å². The van der Waals surface area contributed by atoms with E-state index in [0.29, 0.717) is 36.1 Å². The molecule has 2 N–H and O–H groups in total. The average Bonchev–Trinajstić information content (AvgIpc) is 3.13. The van der Waals surface area contributed by atoms with E-state index in [-0.39, 0.29) is 5.97 Å². The van der Waals surface area contributed by atoms with E-state index in [4.69, 9.17) is 15.2 Å². The fourth-order valence-corrected chi connectivity index (χ4v) is 1.58. The van der Waals surface area contributed by atoms with Crippen molar-refractivity contribution in [1.82, 2.24) is 0 Å². The van der Waals surface area contributed by atoms with Crippen LogP contribution in [0.25, 0.3) is 0 Å². The van der Waals surface area contributed by atoms with Crippen LogP contribution in [0.3, 0.4) is 0 Å². The number of carbonyl (C=O) groups excluding carboxylic acids is 1. The molecule has 92 valence electrons. The predicted molar refractivity (Wildman–Crippen MR) is 65.0 cm³/mol. The average molecular weight is 235 g/mol. The van der Waals surface area contributed by atoms with Crippen LogP contribution in [-0.2, 0) is 4.74 Å². The maximum atomic E-state index is 11.9. The van der Waals surface area contributed by atoms with Gasteiger partial charge in [-0.1, -0.05) is 6.07 Å². The zero-order chi connectivity index (χ0) is 12.3. The number of anilines is 1. The molecule has 4 nitrogen and oxygen atoms in total. The van der Waals surface area contributed by atoms with Gasteiger partial charge >= 0.3 is 5.97 Å². The van der Waals surface area contributed by atoms with Gasteiger partial charge in [0.2, 0.25) is 0 Å². The molecule has 0 aromatic heterocycles. The third kappa shape index (κ3) is 2.90. The Labute approximate surface area is 101 Å². The van der Waals surface area contributed by atoms with Crippen molar-refractivity contribution in [3.8, 4) is 5.75 Å². The van der Waals surface area contributed by atoms with Crippen LogP contribution in [0, 0.1) is 5.92 Å². The number of hydrogen-bond donors (Lipinski definition) is 1. The van der Waals surface area contributed by atoms with Crippen molar-refractivity contribution in [3.63, 3.8) is 0 Å². The summed E-state index contributed by atoms with van der Waals surface area (Å²) in [5, 5.41) is 0. The monoisotopic (exact) mass is 235 g/mol. The number of para-hydroxylation sites is 1. The number of benzene rings is 1. The van der Waals surface area contributed by atoms with Crippen molar-refractivity contribution < 1.29 is 14.3 Å². The second-order valence-corrected chi connectivity index (χ2v) is 4.20. The Kier molecular flexibility index (Phi) is 3.52. The Bertz CT molecular complexity index is 413. The highest BCUT2D eigenvalue weighted by molar-refractivity contribution is 5.94. The molecule has 1 saturated carbocycles. The summed E-state index contributed by atoms with van der Waals surface area (Å²) in [5.41, 5.74) is 6.66. The highest BCUT2D eigenvalue weighted by atomic mass is 16.5. The molecule has 1 fully saturated rings. The van der Waals surface area contributed by atoms with Gasteiger partial charge in [0.25, 0.3) is 0 Å². The van der Waals surface area contributed by atoms with Gasteiger partial charge in [-0.15, -0.1) is 0 Å². The van der Waals surface area contributed by atoms with Crippen molar-refractivity contribution in [1.29, 1.82) is 0 Å². The van der Waals surface area contributed by atoms with Crippen LogP contribution >= 0.6 is 0 Å². The molecule has 0 aliphatic heterocycles. The summed E-state index contributed by atoms with van der Waals surface area (Å²) in [6.45, 7) is 2.82. The van der Waals surface area contributed by atoms with Crippen LogP contribution in [0.5, 0.6) is 5.75 Å². The second-order valence-electron chi connectivity index (χ2n) is 4.20. The standard InChI is InChI=1S/C13H17NO3/c1-2-16-12-10(4-3-5-11(12)14)13(15)17-8-9-6-7-9/h3-5,9H,2,6-8,14H2,1H3. The minimum atomic E-state index is -0.354. The highest BCUT2D eigenvalue weighted by Crippen LogP contribution is 2.31. The van der Waals surface area contributed by atoms with Gasteiger partial charge in [-0.05, 0) is 37.8 Å². The zero-order valence-electron chi connectivity index (χ0n) is 9.94. The molecule has 4 heteroatoms. The highest BCUT2D eigenvalue weighted by Gasteiger charge is 2.24. The van der Waals surface area contributed by atoms with Crippen molar-refractivity contribution >= 4 is 11.7 Å². The van der Waals surface area contributed by atoms with Gasteiger partial charge in [0.15, 0.2) is 5.75 Å². The van der Waals surface area contributed by atoms with Crippen molar-refractivity contribution in [2.75, 3.05) is 18.9 Å². The Morgan fingerprint density at radius 3 is 2.88 bits per heavy atom. The van der Waals surface area contributed by atoms with Crippen molar-refractivity contribution in [2.45, 2.75) is 19.8 Å². The van der Waals surface area contributed by atoms with E-state index >= 15 is 0 Å². The molecule has 1 aliphatic carbocycles. The Morgan fingerprint density at radius 2 is 2.24 bits per heavy atom. The number of carbonyl (C=O) groups is 1. The molecule has 1 aliphatic rings. The minimum Gasteiger partial charge on any atom is -0.491 e. The maximum absolute atomic E-state index is 11.9. The van der Waals surface area contributed by atoms with Gasteiger partial charge < -0.3 is 15.2 Å². The molecule has 0 heterocycles. The van der Waals surface area contributed by atoms with Crippen LogP contribution in [0.4, 0.5) is 5.69 Å². The number of nitrogen functional groups attached to an aromatic ring is 1. The van der Waals surface area contributed by atoms with Crippen LogP contribution in [0.1, 0.15) is 30.1 Å². The Morgan fingerprint density at radius 1 is 1.47 bits per heavy atom. The first-order valence-electron chi connectivity index (χ1n) is 5.90. The molecular weight excluding hydrogens is 218 g/mol. The van der Waals surface area contributed by atoms with Crippen LogP contribution in [-0.4, -0.2) is 19.2 Å². The molecule has 0 bridgehead atoms. The van der Waals surface area contributed by atoms with Crippen LogP contribution < -0.4 is 10.5 Å². The normalized spacial score (nSPS) is 14.4. The number of ether oxygens (including phenoxy) is 2. The third-order valence-corrected chi connectivity index (χ3v) is 2.70. The van der Waals surface area contributed by atoms with E-state index in [9.17, 15) is 4.79 Å². The van der Waals surface area contributed by atoms with Crippen molar-refractivity contribution in [3.05, 3.63) is 23.8 Å². The molecule has 0 atom stereocenters. The fraction of sp³-hybridized carbons (Fsp3) is 0.462. The summed E-state index contributed by atoms with van der Waals surface area (Å²) in [5.74, 6) is 0.624. The zero-order valence-corrected chi connectivity index (χ0v) is 9.94. The summed E-state index contributed by atoms with van der Waals surface area (Å²) < 4.78 is 10.6. The van der Waals surface area contributed by atoms with E-state index in [1.807, 2.05) is 6.92 Å². The fourth-order valence-electron chi connectivity index (χ4n) is 1.58. The SMILES string of the molecule is CCOc1c(N)cccc1C(=O)OCC1CC1. The molecule has 17 heavy (non-hydrogen) atoms. The lowest BCUT2D eigenvalue weighted by atomic mass is 10.1. The molecule has 0 unspecified atom stereocenters. The summed E-state index contributed by atoms with van der Waals surface area (Å²) >= 11 is 0. The number of esters is 1. The van der Waals surface area contributed by atoms with Gasteiger partial charge in [0, 0.05) is 0 Å². The largest absolute Gasteiger partial charge is 0.491 e. The van der Waals surface area contributed by atoms with Gasteiger partial charge in [0.1, 0.15) is 5.56 Å². The number of rotatable bonds is 5. The Balaban J connectivity index is 2.11. The smallest absolute Gasteiger partial charge is 0.342 e. The van der Waals surface area contributed by atoms with Crippen LogP contribution in [0.15, 0.2) is 18.2 Å². The molecule has 2 rings (SSSR count). The molecule has 0 saturated heterocycles. The molecule has 0 radical (unpaired) electrons. The summed E-state index contributed by atoms with van der Waals surface area (Å²) in [6.07, 6.45) is 2.31. The first-order valence-corrected chi connectivity index (χ1v) is 5.90. The minimum absolute atomic E-state index is 0.354. The lowest BCUT2D eigenvalue weighted by Gasteiger charge is -2.11. The van der Waals surface area contributed by atoms with Crippen molar-refractivity contribution in [2.24, 2.45) is 5.92 Å².